The first-order chi connectivity index (χ1) is 6.56. The standard InChI is InChI=1S/C10H15N3O/c1-5-6-13-8(2)7-9(12(3)4)11-10(13)14/h5,7H,1,6H2,2-4H3. The number of aryl methyl sites for hydroxylation is 1. The highest BCUT2D eigenvalue weighted by Crippen LogP contribution is 2.06. The van der Waals surface area contributed by atoms with Crippen molar-refractivity contribution in [1.29, 1.82) is 0 Å². The highest BCUT2D eigenvalue weighted by atomic mass is 16.1. The van der Waals surface area contributed by atoms with Crippen LogP contribution in [0.1, 0.15) is 5.69 Å². The SMILES string of the molecule is C=CCn1c(C)cc(N(C)C)nc1=O. The first-order valence-corrected chi connectivity index (χ1v) is 4.43. The van der Waals surface area contributed by atoms with Gasteiger partial charge in [-0.05, 0) is 6.92 Å². The van der Waals surface area contributed by atoms with Crippen LogP contribution in [0.25, 0.3) is 0 Å². The summed E-state index contributed by atoms with van der Waals surface area (Å²) in [6.45, 7) is 5.99. The molecule has 1 rings (SSSR count). The quantitative estimate of drug-likeness (QED) is 0.666. The Morgan fingerprint density at radius 1 is 1.64 bits per heavy atom. The lowest BCUT2D eigenvalue weighted by Gasteiger charge is -2.13. The average molecular weight is 193 g/mol. The molecule has 0 N–H and O–H groups in total. The number of nitrogens with zero attached hydrogens (tertiary/aromatic N) is 3. The largest absolute Gasteiger partial charge is 0.363 e. The molecule has 0 spiro atoms. The minimum atomic E-state index is -0.228. The van der Waals surface area contributed by atoms with Crippen LogP contribution in [0.5, 0.6) is 0 Å². The van der Waals surface area contributed by atoms with Crippen molar-refractivity contribution in [2.45, 2.75) is 13.5 Å². The fraction of sp³-hybridized carbons (Fsp3) is 0.400. The Morgan fingerprint density at radius 2 is 2.29 bits per heavy atom. The smallest absolute Gasteiger partial charge is 0.349 e. The first kappa shape index (κ1) is 10.5. The van der Waals surface area contributed by atoms with Gasteiger partial charge in [-0.3, -0.25) is 4.57 Å². The normalized spacial score (nSPS) is 9.93. The minimum Gasteiger partial charge on any atom is -0.363 e. The lowest BCUT2D eigenvalue weighted by atomic mass is 10.4. The molecule has 1 aromatic heterocycles. The lowest BCUT2D eigenvalue weighted by molar-refractivity contribution is 0.713. The molecule has 4 heteroatoms. The summed E-state index contributed by atoms with van der Waals surface area (Å²) in [7, 11) is 3.72. The maximum Gasteiger partial charge on any atom is 0.349 e. The van der Waals surface area contributed by atoms with Crippen molar-refractivity contribution >= 4 is 5.82 Å². The van der Waals surface area contributed by atoms with Crippen LogP contribution in [-0.4, -0.2) is 23.6 Å². The molecule has 0 bridgehead atoms. The maximum atomic E-state index is 11.5. The van der Waals surface area contributed by atoms with Crippen molar-refractivity contribution < 1.29 is 0 Å². The molecule has 0 aromatic carbocycles. The molecule has 0 atom stereocenters. The van der Waals surface area contributed by atoms with E-state index in [0.29, 0.717) is 12.4 Å². The average Bonchev–Trinajstić information content (AvgIpc) is 2.10. The van der Waals surface area contributed by atoms with Gasteiger partial charge < -0.3 is 4.90 Å². The number of rotatable bonds is 3. The van der Waals surface area contributed by atoms with Gasteiger partial charge in [0.15, 0.2) is 0 Å². The van der Waals surface area contributed by atoms with E-state index in [2.05, 4.69) is 11.6 Å². The highest BCUT2D eigenvalue weighted by Gasteiger charge is 2.04. The lowest BCUT2D eigenvalue weighted by Crippen LogP contribution is -2.27. The van der Waals surface area contributed by atoms with E-state index < -0.39 is 0 Å². The van der Waals surface area contributed by atoms with Gasteiger partial charge in [-0.15, -0.1) is 6.58 Å². The minimum absolute atomic E-state index is 0.228. The van der Waals surface area contributed by atoms with Gasteiger partial charge in [-0.2, -0.15) is 4.98 Å². The number of hydrogen-bond donors (Lipinski definition) is 0. The third-order valence-corrected chi connectivity index (χ3v) is 1.97. The van der Waals surface area contributed by atoms with Crippen LogP contribution in [0.15, 0.2) is 23.5 Å². The summed E-state index contributed by atoms with van der Waals surface area (Å²) >= 11 is 0. The van der Waals surface area contributed by atoms with Crippen LogP contribution >= 0.6 is 0 Å². The molecule has 0 radical (unpaired) electrons. The van der Waals surface area contributed by atoms with Gasteiger partial charge >= 0.3 is 5.69 Å². The van der Waals surface area contributed by atoms with Crippen molar-refractivity contribution in [2.24, 2.45) is 0 Å². The maximum absolute atomic E-state index is 11.5. The molecule has 1 heterocycles. The monoisotopic (exact) mass is 193 g/mol. The summed E-state index contributed by atoms with van der Waals surface area (Å²) in [4.78, 5) is 17.3. The molecule has 0 saturated heterocycles. The van der Waals surface area contributed by atoms with Crippen molar-refractivity contribution in [3.63, 3.8) is 0 Å². The summed E-state index contributed by atoms with van der Waals surface area (Å²) in [5.74, 6) is 0.688. The molecule has 4 nitrogen and oxygen atoms in total. The molecule has 76 valence electrons. The molecule has 0 aliphatic heterocycles. The summed E-state index contributed by atoms with van der Waals surface area (Å²) in [6, 6.07) is 1.88. The highest BCUT2D eigenvalue weighted by molar-refractivity contribution is 5.36. The van der Waals surface area contributed by atoms with Crippen LogP contribution in [0.4, 0.5) is 5.82 Å². The number of hydrogen-bond acceptors (Lipinski definition) is 3. The van der Waals surface area contributed by atoms with Crippen LogP contribution < -0.4 is 10.6 Å². The third-order valence-electron chi connectivity index (χ3n) is 1.97. The Kier molecular flexibility index (Phi) is 3.06. The van der Waals surface area contributed by atoms with Crippen molar-refractivity contribution in [3.8, 4) is 0 Å². The van der Waals surface area contributed by atoms with Gasteiger partial charge in [0, 0.05) is 32.4 Å². The molecule has 1 aromatic rings. The van der Waals surface area contributed by atoms with Crippen molar-refractivity contribution in [1.82, 2.24) is 9.55 Å². The Bertz CT molecular complexity index is 393. The zero-order valence-electron chi connectivity index (χ0n) is 8.82. The first-order valence-electron chi connectivity index (χ1n) is 4.43. The summed E-state index contributed by atoms with van der Waals surface area (Å²) in [5.41, 5.74) is 0.669. The number of anilines is 1. The summed E-state index contributed by atoms with van der Waals surface area (Å²) in [5, 5.41) is 0. The van der Waals surface area contributed by atoms with Crippen LogP contribution in [-0.2, 0) is 6.54 Å². The van der Waals surface area contributed by atoms with E-state index in [1.54, 1.807) is 10.6 Å². The van der Waals surface area contributed by atoms with Crippen LogP contribution in [0.3, 0.4) is 0 Å². The summed E-state index contributed by atoms with van der Waals surface area (Å²) in [6.07, 6.45) is 1.69. The van der Waals surface area contributed by atoms with E-state index in [-0.39, 0.29) is 5.69 Å². The molecule has 14 heavy (non-hydrogen) atoms. The third kappa shape index (κ3) is 2.02. The Morgan fingerprint density at radius 3 is 2.71 bits per heavy atom. The molecule has 0 aliphatic carbocycles. The van der Waals surface area contributed by atoms with Gasteiger partial charge in [0.1, 0.15) is 5.82 Å². The van der Waals surface area contributed by atoms with Gasteiger partial charge in [-0.25, -0.2) is 4.79 Å². The molecular weight excluding hydrogens is 178 g/mol. The topological polar surface area (TPSA) is 38.1 Å². The molecule has 0 unspecified atom stereocenters. The van der Waals surface area contributed by atoms with Crippen molar-refractivity contribution in [2.75, 3.05) is 19.0 Å². The Balaban J connectivity index is 3.25. The van der Waals surface area contributed by atoms with Gasteiger partial charge in [0.05, 0.1) is 0 Å². The van der Waals surface area contributed by atoms with E-state index in [9.17, 15) is 4.79 Å². The van der Waals surface area contributed by atoms with E-state index in [0.717, 1.165) is 5.69 Å². The second-order valence-corrected chi connectivity index (χ2v) is 3.33. The van der Waals surface area contributed by atoms with Gasteiger partial charge in [-0.1, -0.05) is 6.08 Å². The number of aromatic nitrogens is 2. The molecule has 0 saturated carbocycles. The Labute approximate surface area is 83.5 Å². The van der Waals surface area contributed by atoms with E-state index in [1.807, 2.05) is 32.0 Å². The predicted molar refractivity (Wildman–Crippen MR) is 57.8 cm³/mol. The van der Waals surface area contributed by atoms with Gasteiger partial charge in [0.25, 0.3) is 0 Å². The zero-order valence-corrected chi connectivity index (χ0v) is 8.82. The molecule has 0 aliphatic rings. The fourth-order valence-electron chi connectivity index (χ4n) is 1.19. The molecule has 0 fully saturated rings. The second-order valence-electron chi connectivity index (χ2n) is 3.33. The van der Waals surface area contributed by atoms with E-state index in [4.69, 9.17) is 0 Å². The summed E-state index contributed by atoms with van der Waals surface area (Å²) < 4.78 is 1.58. The fourth-order valence-corrected chi connectivity index (χ4v) is 1.19. The second kappa shape index (κ2) is 4.09. The van der Waals surface area contributed by atoms with Gasteiger partial charge in [0.2, 0.25) is 0 Å². The predicted octanol–water partition coefficient (Wildman–Crippen LogP) is 0.804. The molecule has 0 amide bonds. The van der Waals surface area contributed by atoms with Crippen molar-refractivity contribution in [3.05, 3.63) is 34.9 Å². The van der Waals surface area contributed by atoms with Crippen LogP contribution in [0, 0.1) is 6.92 Å². The Hall–Kier alpha value is -1.58. The number of allylic oxidation sites excluding steroid dienone is 1. The van der Waals surface area contributed by atoms with E-state index in [1.165, 1.54) is 0 Å². The zero-order chi connectivity index (χ0) is 10.7. The molecular formula is C10H15N3O. The van der Waals surface area contributed by atoms with Crippen LogP contribution in [0.2, 0.25) is 0 Å². The van der Waals surface area contributed by atoms with E-state index >= 15 is 0 Å².